The lowest BCUT2D eigenvalue weighted by Crippen LogP contribution is -2.18. The monoisotopic (exact) mass is 241 g/mol. The second-order valence-electron chi connectivity index (χ2n) is 3.37. The van der Waals surface area contributed by atoms with Crippen molar-refractivity contribution in [2.24, 2.45) is 0 Å². The van der Waals surface area contributed by atoms with Gasteiger partial charge in [-0.1, -0.05) is 6.92 Å². The van der Waals surface area contributed by atoms with E-state index in [9.17, 15) is 14.0 Å². The van der Waals surface area contributed by atoms with Gasteiger partial charge in [0, 0.05) is 17.8 Å². The zero-order chi connectivity index (χ0) is 13.3. The van der Waals surface area contributed by atoms with Crippen LogP contribution < -0.4 is 5.32 Å². The molecule has 5 heteroatoms. The average Bonchev–Trinajstić information content (AvgIpc) is 2.24. The normalized spacial score (nSPS) is 12.9. The van der Waals surface area contributed by atoms with Gasteiger partial charge in [-0.2, -0.15) is 0 Å². The first kappa shape index (κ1) is 15.1. The molecule has 0 aliphatic heterocycles. The Morgan fingerprint density at radius 1 is 1.29 bits per heavy atom. The van der Waals surface area contributed by atoms with Crippen molar-refractivity contribution in [3.8, 4) is 0 Å². The van der Waals surface area contributed by atoms with E-state index in [1.54, 1.807) is 6.92 Å². The van der Waals surface area contributed by atoms with E-state index in [0.717, 1.165) is 12.2 Å². The van der Waals surface area contributed by atoms with Gasteiger partial charge >= 0.3 is 5.97 Å². The summed E-state index contributed by atoms with van der Waals surface area (Å²) >= 11 is 0. The highest BCUT2D eigenvalue weighted by molar-refractivity contribution is 5.94. The molecule has 0 heterocycles. The Labute approximate surface area is 99.5 Å². The number of carboxylic acids is 1. The lowest BCUT2D eigenvalue weighted by atomic mass is 10.3. The Hall–Kier alpha value is -1.91. The van der Waals surface area contributed by atoms with Gasteiger partial charge < -0.3 is 10.4 Å². The van der Waals surface area contributed by atoms with E-state index in [4.69, 9.17) is 5.11 Å². The largest absolute Gasteiger partial charge is 0.478 e. The molecule has 0 aromatic carbocycles. The molecule has 2 N–H and O–H groups in total. The number of carboxylic acid groups (broad SMARTS) is 1. The van der Waals surface area contributed by atoms with Crippen molar-refractivity contribution in [3.63, 3.8) is 0 Å². The fourth-order valence-electron chi connectivity index (χ4n) is 0.962. The number of nitrogens with one attached hydrogen (secondary N) is 1. The summed E-state index contributed by atoms with van der Waals surface area (Å²) in [6, 6.07) is 0. The van der Waals surface area contributed by atoms with E-state index < -0.39 is 11.9 Å². The summed E-state index contributed by atoms with van der Waals surface area (Å²) in [5.74, 6) is -2.02. The van der Waals surface area contributed by atoms with Crippen LogP contribution in [0.2, 0.25) is 0 Å². The summed E-state index contributed by atoms with van der Waals surface area (Å²) in [5, 5.41) is 10.7. The number of allylic oxidation sites excluding steroid dienone is 4. The van der Waals surface area contributed by atoms with Gasteiger partial charge in [-0.05, 0) is 31.9 Å². The number of carbonyl (C=O) groups is 2. The highest BCUT2D eigenvalue weighted by atomic mass is 19.1. The molecule has 0 bridgehead atoms. The van der Waals surface area contributed by atoms with Gasteiger partial charge in [-0.3, -0.25) is 4.79 Å². The molecule has 0 saturated heterocycles. The zero-order valence-electron chi connectivity index (χ0n) is 9.87. The van der Waals surface area contributed by atoms with Crippen LogP contribution in [-0.4, -0.2) is 17.0 Å². The number of hydrogen-bond donors (Lipinski definition) is 2. The summed E-state index contributed by atoms with van der Waals surface area (Å²) in [6.07, 6.45) is 5.40. The molecule has 0 saturated carbocycles. The van der Waals surface area contributed by atoms with Crippen LogP contribution in [0.3, 0.4) is 0 Å². The van der Waals surface area contributed by atoms with Crippen molar-refractivity contribution in [1.82, 2.24) is 5.32 Å². The molecular weight excluding hydrogens is 225 g/mol. The van der Waals surface area contributed by atoms with Gasteiger partial charge in [0.25, 0.3) is 0 Å². The number of amides is 1. The van der Waals surface area contributed by atoms with E-state index in [-0.39, 0.29) is 5.83 Å². The minimum atomic E-state index is -1.20. The van der Waals surface area contributed by atoms with Crippen molar-refractivity contribution in [1.29, 1.82) is 0 Å². The van der Waals surface area contributed by atoms with Crippen LogP contribution in [0.4, 0.5) is 4.39 Å². The lowest BCUT2D eigenvalue weighted by molar-refractivity contribution is -0.131. The molecule has 0 rings (SSSR count). The maximum Gasteiger partial charge on any atom is 0.328 e. The molecule has 0 fully saturated rings. The second-order valence-corrected chi connectivity index (χ2v) is 3.37. The summed E-state index contributed by atoms with van der Waals surface area (Å²) in [4.78, 5) is 21.2. The third kappa shape index (κ3) is 9.04. The summed E-state index contributed by atoms with van der Waals surface area (Å²) < 4.78 is 13.0. The van der Waals surface area contributed by atoms with Gasteiger partial charge in [-0.25, -0.2) is 9.18 Å². The van der Waals surface area contributed by atoms with Crippen LogP contribution >= 0.6 is 0 Å². The van der Waals surface area contributed by atoms with E-state index in [0.29, 0.717) is 18.5 Å². The molecule has 0 atom stereocenters. The van der Waals surface area contributed by atoms with Gasteiger partial charge in [-0.15, -0.1) is 0 Å². The first-order chi connectivity index (χ1) is 7.95. The third-order valence-electron chi connectivity index (χ3n) is 1.70. The number of aliphatic carboxylic acids is 1. The topological polar surface area (TPSA) is 66.4 Å². The summed E-state index contributed by atoms with van der Waals surface area (Å²) in [7, 11) is 0. The van der Waals surface area contributed by atoms with E-state index in [1.807, 2.05) is 6.92 Å². The zero-order valence-corrected chi connectivity index (χ0v) is 9.87. The molecule has 0 aromatic heterocycles. The summed E-state index contributed by atoms with van der Waals surface area (Å²) in [5.41, 5.74) is 0.441. The highest BCUT2D eigenvalue weighted by Crippen LogP contribution is 2.06. The molecule has 0 radical (unpaired) electrons. The Kier molecular flexibility index (Phi) is 7.34. The van der Waals surface area contributed by atoms with Crippen molar-refractivity contribution < 1.29 is 19.1 Å². The predicted molar refractivity (Wildman–Crippen MR) is 62.8 cm³/mol. The number of rotatable bonds is 6. The van der Waals surface area contributed by atoms with Crippen molar-refractivity contribution in [2.45, 2.75) is 26.7 Å². The number of hydrogen-bond acceptors (Lipinski definition) is 2. The van der Waals surface area contributed by atoms with Crippen molar-refractivity contribution in [2.75, 3.05) is 0 Å². The molecular formula is C12H16FNO3. The van der Waals surface area contributed by atoms with E-state index in [1.165, 1.54) is 12.2 Å². The quantitative estimate of drug-likeness (QED) is 0.554. The molecule has 94 valence electrons. The Morgan fingerprint density at radius 2 is 1.94 bits per heavy atom. The molecule has 0 aliphatic rings. The third-order valence-corrected chi connectivity index (χ3v) is 1.70. The first-order valence-electron chi connectivity index (χ1n) is 5.20. The smallest absolute Gasteiger partial charge is 0.328 e. The lowest BCUT2D eigenvalue weighted by Gasteiger charge is -1.99. The molecule has 1 amide bonds. The van der Waals surface area contributed by atoms with Crippen LogP contribution in [0.1, 0.15) is 26.7 Å². The summed E-state index contributed by atoms with van der Waals surface area (Å²) in [6.45, 7) is 3.45. The molecule has 0 spiro atoms. The Morgan fingerprint density at radius 3 is 2.47 bits per heavy atom. The fraction of sp³-hybridized carbons (Fsp3) is 0.333. The van der Waals surface area contributed by atoms with Crippen LogP contribution in [0, 0.1) is 0 Å². The van der Waals surface area contributed by atoms with Crippen molar-refractivity contribution >= 4 is 11.9 Å². The van der Waals surface area contributed by atoms with E-state index >= 15 is 0 Å². The van der Waals surface area contributed by atoms with Crippen LogP contribution in [0.25, 0.3) is 0 Å². The Bertz CT molecular complexity index is 370. The van der Waals surface area contributed by atoms with Gasteiger partial charge in [0.05, 0.1) is 5.83 Å². The SMILES string of the molecule is CCC/C(F)=C\C=C(/C)NC(=O)/C=C\C(=O)O. The Balaban J connectivity index is 4.29. The maximum atomic E-state index is 13.0. The fourth-order valence-corrected chi connectivity index (χ4v) is 0.962. The molecule has 17 heavy (non-hydrogen) atoms. The second kappa shape index (κ2) is 8.27. The van der Waals surface area contributed by atoms with E-state index in [2.05, 4.69) is 5.32 Å². The molecule has 0 aliphatic carbocycles. The van der Waals surface area contributed by atoms with Crippen LogP contribution in [-0.2, 0) is 9.59 Å². The molecule has 0 unspecified atom stereocenters. The first-order valence-corrected chi connectivity index (χ1v) is 5.20. The molecule has 4 nitrogen and oxygen atoms in total. The predicted octanol–water partition coefficient (Wildman–Crippen LogP) is 2.30. The minimum absolute atomic E-state index is 0.262. The minimum Gasteiger partial charge on any atom is -0.478 e. The standard InChI is InChI=1S/C12H16FNO3/c1-3-4-10(13)6-5-9(2)14-11(15)7-8-12(16)17/h5-8H,3-4H2,1-2H3,(H,14,15)(H,16,17)/b8-7-,9-5+,10-6+. The molecule has 0 aromatic rings. The van der Waals surface area contributed by atoms with Crippen molar-refractivity contribution in [3.05, 3.63) is 35.8 Å². The van der Waals surface area contributed by atoms with Crippen LogP contribution in [0.15, 0.2) is 35.8 Å². The van der Waals surface area contributed by atoms with Gasteiger partial charge in [0.1, 0.15) is 0 Å². The number of halogens is 1. The maximum absolute atomic E-state index is 13.0. The highest BCUT2D eigenvalue weighted by Gasteiger charge is 1.97. The average molecular weight is 241 g/mol. The van der Waals surface area contributed by atoms with Crippen LogP contribution in [0.5, 0.6) is 0 Å². The van der Waals surface area contributed by atoms with Gasteiger partial charge in [0.15, 0.2) is 0 Å². The number of carbonyl (C=O) groups excluding carboxylic acids is 1. The van der Waals surface area contributed by atoms with Gasteiger partial charge in [0.2, 0.25) is 5.91 Å².